The van der Waals surface area contributed by atoms with Gasteiger partial charge in [-0.1, -0.05) is 42.5 Å². The molecule has 1 unspecified atom stereocenters. The lowest BCUT2D eigenvalue weighted by atomic mass is 9.94. The van der Waals surface area contributed by atoms with E-state index in [9.17, 15) is 4.79 Å². The van der Waals surface area contributed by atoms with E-state index in [2.05, 4.69) is 79.2 Å². The number of H-pyrrole nitrogens is 1. The maximum atomic E-state index is 13.4. The Morgan fingerprint density at radius 3 is 2.83 bits per heavy atom. The van der Waals surface area contributed by atoms with Crippen molar-refractivity contribution in [2.45, 2.75) is 32.4 Å². The maximum Gasteiger partial charge on any atom is 0.227 e. The number of rotatable bonds is 3. The van der Waals surface area contributed by atoms with E-state index >= 15 is 0 Å². The van der Waals surface area contributed by atoms with Gasteiger partial charge in [-0.3, -0.25) is 9.69 Å². The second kappa shape index (κ2) is 7.96. The summed E-state index contributed by atoms with van der Waals surface area (Å²) < 4.78 is 1.09. The minimum atomic E-state index is 0.117. The molecule has 5 heteroatoms. The summed E-state index contributed by atoms with van der Waals surface area (Å²) in [5.74, 6) is 0.448. The lowest BCUT2D eigenvalue weighted by Gasteiger charge is -2.36. The SMILES string of the molecule is O=C(C1CCCN(Cc2ccccc2)C1)N1CCc2[nH]c3c(Br)cccc3c2C1. The van der Waals surface area contributed by atoms with Crippen LogP contribution in [0.2, 0.25) is 0 Å². The third-order valence-corrected chi connectivity index (χ3v) is 7.04. The Bertz CT molecular complexity index is 1030. The summed E-state index contributed by atoms with van der Waals surface area (Å²) in [6.07, 6.45) is 3.01. The number of piperidine rings is 1. The number of nitrogens with one attached hydrogen (secondary N) is 1. The summed E-state index contributed by atoms with van der Waals surface area (Å²) in [6.45, 7) is 4.42. The smallest absolute Gasteiger partial charge is 0.227 e. The molecule has 0 radical (unpaired) electrons. The van der Waals surface area contributed by atoms with E-state index in [0.717, 1.165) is 62.0 Å². The first-order chi connectivity index (χ1) is 14.2. The number of aromatic amines is 1. The fourth-order valence-corrected chi connectivity index (χ4v) is 5.36. The number of carbonyl (C=O) groups excluding carboxylic acids is 1. The Labute approximate surface area is 180 Å². The molecule has 150 valence electrons. The fraction of sp³-hybridized carbons (Fsp3) is 0.375. The normalized spacial score (nSPS) is 20.0. The predicted molar refractivity (Wildman–Crippen MR) is 120 cm³/mol. The first-order valence-electron chi connectivity index (χ1n) is 10.5. The lowest BCUT2D eigenvalue weighted by Crippen LogP contribution is -2.46. The molecule has 29 heavy (non-hydrogen) atoms. The Morgan fingerprint density at radius 2 is 1.97 bits per heavy atom. The van der Waals surface area contributed by atoms with Crippen LogP contribution in [-0.4, -0.2) is 40.3 Å². The Balaban J connectivity index is 1.30. The molecule has 2 aliphatic heterocycles. The molecule has 1 fully saturated rings. The van der Waals surface area contributed by atoms with Gasteiger partial charge in [0.15, 0.2) is 0 Å². The van der Waals surface area contributed by atoms with Crippen LogP contribution < -0.4 is 0 Å². The first-order valence-corrected chi connectivity index (χ1v) is 11.3. The highest BCUT2D eigenvalue weighted by Crippen LogP contribution is 2.32. The van der Waals surface area contributed by atoms with Gasteiger partial charge in [-0.15, -0.1) is 0 Å². The van der Waals surface area contributed by atoms with Crippen LogP contribution in [0.3, 0.4) is 0 Å². The quantitative estimate of drug-likeness (QED) is 0.625. The van der Waals surface area contributed by atoms with Gasteiger partial charge >= 0.3 is 0 Å². The van der Waals surface area contributed by atoms with Crippen molar-refractivity contribution < 1.29 is 4.79 Å². The summed E-state index contributed by atoms with van der Waals surface area (Å²) in [5, 5.41) is 1.24. The second-order valence-electron chi connectivity index (χ2n) is 8.31. The van der Waals surface area contributed by atoms with Gasteiger partial charge in [0, 0.05) is 53.7 Å². The highest BCUT2D eigenvalue weighted by molar-refractivity contribution is 9.10. The van der Waals surface area contributed by atoms with E-state index in [1.165, 1.54) is 22.2 Å². The van der Waals surface area contributed by atoms with Gasteiger partial charge in [0.05, 0.1) is 11.4 Å². The van der Waals surface area contributed by atoms with Crippen LogP contribution in [0, 0.1) is 5.92 Å². The average molecular weight is 452 g/mol. The number of para-hydroxylation sites is 1. The third-order valence-electron chi connectivity index (χ3n) is 6.38. The number of likely N-dealkylation sites (tertiary alicyclic amines) is 1. The highest BCUT2D eigenvalue weighted by atomic mass is 79.9. The molecule has 0 spiro atoms. The molecule has 1 aromatic heterocycles. The zero-order valence-electron chi connectivity index (χ0n) is 16.5. The minimum Gasteiger partial charge on any atom is -0.357 e. The van der Waals surface area contributed by atoms with Crippen molar-refractivity contribution in [1.82, 2.24) is 14.8 Å². The van der Waals surface area contributed by atoms with Crippen molar-refractivity contribution in [2.75, 3.05) is 19.6 Å². The summed E-state index contributed by atoms with van der Waals surface area (Å²) in [5.41, 5.74) is 5.05. The number of fused-ring (bicyclic) bond motifs is 3. The third kappa shape index (κ3) is 3.74. The Morgan fingerprint density at radius 1 is 1.10 bits per heavy atom. The summed E-state index contributed by atoms with van der Waals surface area (Å²) in [6, 6.07) is 16.9. The molecule has 3 aromatic rings. The van der Waals surface area contributed by atoms with E-state index in [0.29, 0.717) is 5.91 Å². The van der Waals surface area contributed by atoms with Gasteiger partial charge in [0.1, 0.15) is 0 Å². The van der Waals surface area contributed by atoms with Crippen LogP contribution in [0.1, 0.15) is 29.7 Å². The largest absolute Gasteiger partial charge is 0.357 e. The number of halogens is 1. The number of hydrogen-bond acceptors (Lipinski definition) is 2. The van der Waals surface area contributed by atoms with Gasteiger partial charge in [-0.25, -0.2) is 0 Å². The summed E-state index contributed by atoms with van der Waals surface area (Å²) in [4.78, 5) is 21.5. The van der Waals surface area contributed by atoms with Gasteiger partial charge in [-0.2, -0.15) is 0 Å². The molecule has 0 saturated carbocycles. The van der Waals surface area contributed by atoms with Crippen molar-refractivity contribution in [2.24, 2.45) is 5.92 Å². The van der Waals surface area contributed by atoms with Gasteiger partial charge in [0.25, 0.3) is 0 Å². The molecule has 5 rings (SSSR count). The molecule has 2 aliphatic rings. The van der Waals surface area contributed by atoms with E-state index in [-0.39, 0.29) is 5.92 Å². The fourth-order valence-electron chi connectivity index (χ4n) is 4.89. The molecular weight excluding hydrogens is 426 g/mol. The number of amides is 1. The van der Waals surface area contributed by atoms with Gasteiger partial charge in [-0.05, 0) is 46.9 Å². The summed E-state index contributed by atoms with van der Waals surface area (Å²) in [7, 11) is 0. The van der Waals surface area contributed by atoms with Crippen LogP contribution in [0.25, 0.3) is 10.9 Å². The molecule has 0 aliphatic carbocycles. The van der Waals surface area contributed by atoms with Crippen LogP contribution in [-0.2, 0) is 24.3 Å². The molecule has 1 saturated heterocycles. The van der Waals surface area contributed by atoms with Crippen molar-refractivity contribution in [3.8, 4) is 0 Å². The zero-order chi connectivity index (χ0) is 19.8. The zero-order valence-corrected chi connectivity index (χ0v) is 18.1. The molecule has 4 nitrogen and oxygen atoms in total. The lowest BCUT2D eigenvalue weighted by molar-refractivity contribution is -0.138. The molecule has 1 atom stereocenters. The Kier molecular flexibility index (Phi) is 5.18. The van der Waals surface area contributed by atoms with E-state index in [1.807, 2.05) is 0 Å². The Hall–Kier alpha value is -2.11. The molecule has 1 N–H and O–H groups in total. The van der Waals surface area contributed by atoms with Gasteiger partial charge < -0.3 is 9.88 Å². The number of aromatic nitrogens is 1. The van der Waals surface area contributed by atoms with Gasteiger partial charge in [0.2, 0.25) is 5.91 Å². The molecule has 2 aromatic carbocycles. The number of carbonyl (C=O) groups is 1. The minimum absolute atomic E-state index is 0.117. The second-order valence-corrected chi connectivity index (χ2v) is 9.17. The van der Waals surface area contributed by atoms with Crippen molar-refractivity contribution in [3.05, 3.63) is 69.8 Å². The molecule has 0 bridgehead atoms. The molecular formula is C24H26BrN3O. The topological polar surface area (TPSA) is 39.3 Å². The standard InChI is InChI=1S/C24H26BrN3O/c25-21-10-4-9-19-20-16-28(13-11-22(20)26-23(19)21)24(29)18-8-5-12-27(15-18)14-17-6-2-1-3-7-17/h1-4,6-7,9-10,18,26H,5,8,11-16H2. The van der Waals surface area contributed by atoms with Crippen molar-refractivity contribution in [1.29, 1.82) is 0 Å². The van der Waals surface area contributed by atoms with Crippen LogP contribution in [0.5, 0.6) is 0 Å². The number of benzene rings is 2. The van der Waals surface area contributed by atoms with Crippen molar-refractivity contribution in [3.63, 3.8) is 0 Å². The van der Waals surface area contributed by atoms with Crippen LogP contribution in [0.15, 0.2) is 53.0 Å². The highest BCUT2D eigenvalue weighted by Gasteiger charge is 2.32. The van der Waals surface area contributed by atoms with Crippen molar-refractivity contribution >= 4 is 32.7 Å². The first kappa shape index (κ1) is 18.9. The average Bonchev–Trinajstić information content (AvgIpc) is 3.13. The number of nitrogens with zero attached hydrogens (tertiary/aromatic N) is 2. The van der Waals surface area contributed by atoms with E-state index in [4.69, 9.17) is 0 Å². The monoisotopic (exact) mass is 451 g/mol. The molecule has 1 amide bonds. The van der Waals surface area contributed by atoms with Crippen LogP contribution >= 0.6 is 15.9 Å². The summed E-state index contributed by atoms with van der Waals surface area (Å²) >= 11 is 3.65. The number of hydrogen-bond donors (Lipinski definition) is 1. The van der Waals surface area contributed by atoms with Crippen LogP contribution in [0.4, 0.5) is 0 Å². The molecule has 3 heterocycles. The van der Waals surface area contributed by atoms with E-state index < -0.39 is 0 Å². The maximum absolute atomic E-state index is 13.4. The predicted octanol–water partition coefficient (Wildman–Crippen LogP) is 4.73. The van der Waals surface area contributed by atoms with E-state index in [1.54, 1.807) is 0 Å².